The molecule has 0 radical (unpaired) electrons. The van der Waals surface area contributed by atoms with Crippen molar-refractivity contribution in [1.29, 1.82) is 0 Å². The van der Waals surface area contributed by atoms with E-state index >= 15 is 0 Å². The van der Waals surface area contributed by atoms with Crippen LogP contribution in [0.2, 0.25) is 0 Å². The Morgan fingerprint density at radius 3 is 2.22 bits per heavy atom. The number of guanidine groups is 1. The third-order valence-corrected chi connectivity index (χ3v) is 12.3. The number of aliphatic imine (C=N–C) groups is 2. The van der Waals surface area contributed by atoms with Crippen LogP contribution in [-0.4, -0.2) is 81.5 Å². The van der Waals surface area contributed by atoms with Crippen molar-refractivity contribution < 1.29 is 37.0 Å². The number of benzene rings is 4. The van der Waals surface area contributed by atoms with Crippen LogP contribution in [0.1, 0.15) is 65.0 Å². The molecule has 3 atom stereocenters. The van der Waals surface area contributed by atoms with Crippen molar-refractivity contribution in [1.82, 2.24) is 14.9 Å². The fourth-order valence-corrected chi connectivity index (χ4v) is 9.12. The molecule has 2 heterocycles. The van der Waals surface area contributed by atoms with E-state index < -0.39 is 46.1 Å². The maximum atomic E-state index is 14.8. The summed E-state index contributed by atoms with van der Waals surface area (Å²) in [6.07, 6.45) is 0.984. The van der Waals surface area contributed by atoms with Gasteiger partial charge in [0.25, 0.3) is 10.0 Å². The van der Waals surface area contributed by atoms with Gasteiger partial charge in [0.05, 0.1) is 12.0 Å². The van der Waals surface area contributed by atoms with E-state index in [1.165, 1.54) is 7.11 Å². The first-order valence-corrected chi connectivity index (χ1v) is 21.0. The summed E-state index contributed by atoms with van der Waals surface area (Å²) >= 11 is 0. The second-order valence-corrected chi connectivity index (χ2v) is 16.2. The fraction of sp³-hybridized carbons (Fsp3) is 0.341. The van der Waals surface area contributed by atoms with E-state index in [2.05, 4.69) is 20.0 Å². The molecule has 2 aliphatic rings. The Labute approximate surface area is 344 Å². The van der Waals surface area contributed by atoms with Crippen LogP contribution in [0.25, 0.3) is 0 Å². The minimum absolute atomic E-state index is 0.0196. The van der Waals surface area contributed by atoms with Crippen LogP contribution in [0.15, 0.2) is 112 Å². The Hall–Kier alpha value is -6.22. The number of hydrogen-bond acceptors (Lipinski definition) is 10. The highest BCUT2D eigenvalue weighted by molar-refractivity contribution is 7.90. The Morgan fingerprint density at radius 1 is 0.966 bits per heavy atom. The number of rotatable bonds is 15. The number of nitrogens with one attached hydrogen (secondary N) is 2. The first kappa shape index (κ1) is 42.4. The molecule has 4 aromatic carbocycles. The van der Waals surface area contributed by atoms with Gasteiger partial charge in [0.15, 0.2) is 6.04 Å². The van der Waals surface area contributed by atoms with Crippen LogP contribution in [0.4, 0.5) is 4.79 Å². The van der Waals surface area contributed by atoms with Crippen molar-refractivity contribution in [2.24, 2.45) is 15.7 Å². The molecule has 0 spiro atoms. The Bertz CT molecular complexity index is 2270. The zero-order valence-electron chi connectivity index (χ0n) is 33.6. The number of carbonyl (C=O) groups is 3. The number of nitrogens with zero attached hydrogens (tertiary/aromatic N) is 3. The number of carbonyl (C=O) groups excluding carboxylic acids is 3. The molecular weight excluding hydrogens is 773 g/mol. The topological polar surface area (TPSA) is 191 Å². The van der Waals surface area contributed by atoms with Crippen LogP contribution >= 0.6 is 0 Å². The van der Waals surface area contributed by atoms with E-state index in [-0.39, 0.29) is 42.2 Å². The summed E-state index contributed by atoms with van der Waals surface area (Å²) in [4.78, 5) is 51.9. The average Bonchev–Trinajstić information content (AvgIpc) is 3.87. The molecule has 2 amide bonds. The summed E-state index contributed by atoms with van der Waals surface area (Å²) in [6, 6.07) is 27.3. The molecule has 6 rings (SSSR count). The van der Waals surface area contributed by atoms with Gasteiger partial charge in [0.2, 0.25) is 17.8 Å². The van der Waals surface area contributed by atoms with Gasteiger partial charge in [0.1, 0.15) is 24.4 Å². The van der Waals surface area contributed by atoms with E-state index in [1.54, 1.807) is 31.7 Å². The molecule has 0 bridgehead atoms. The van der Waals surface area contributed by atoms with Crippen molar-refractivity contribution in [2.75, 3.05) is 20.2 Å². The number of alkyl carbamates (subject to hydrolysis) is 1. The normalized spacial score (nSPS) is 17.3. The molecule has 1 fully saturated rings. The Balaban J connectivity index is 1.15. The van der Waals surface area contributed by atoms with Gasteiger partial charge in [-0.25, -0.2) is 27.7 Å². The number of aryl methyl sites for hydroxylation is 1. The summed E-state index contributed by atoms with van der Waals surface area (Å²) in [7, 11) is -2.52. The third-order valence-electron chi connectivity index (χ3n) is 10.6. The minimum Gasteiger partial charge on any atom is -0.496 e. The van der Waals surface area contributed by atoms with Gasteiger partial charge in [-0.2, -0.15) is 0 Å². The average molecular weight is 823 g/mol. The molecule has 4 aromatic rings. The number of sulfonamides is 1. The molecule has 0 aliphatic carbocycles. The second kappa shape index (κ2) is 19.0. The summed E-state index contributed by atoms with van der Waals surface area (Å²) in [5, 5.41) is 2.90. The van der Waals surface area contributed by atoms with E-state index in [0.29, 0.717) is 48.2 Å². The number of cyclic esters (lactones) is 1. The van der Waals surface area contributed by atoms with Crippen LogP contribution in [-0.2, 0) is 35.7 Å². The zero-order valence-corrected chi connectivity index (χ0v) is 34.4. The summed E-state index contributed by atoms with van der Waals surface area (Å²) in [5.74, 6) is -1.06. The maximum absolute atomic E-state index is 14.8. The van der Waals surface area contributed by atoms with Crippen LogP contribution < -0.4 is 20.5 Å². The molecule has 0 aromatic heterocycles. The SMILES string of the molecule is COc1cc(C)c(S(=O)(=O)NC(N)=NCCC[C@@H]2N=C([C@@H]3CCCN3C(=O)[C@H](NC(=O)OCc3ccccc3)C(c3ccccc3)c3ccccc3)OC2=O)c(C)c1C. The number of nitrogens with two attached hydrogens (primary N) is 1. The molecule has 0 saturated carbocycles. The largest absolute Gasteiger partial charge is 0.496 e. The number of hydrogen-bond donors (Lipinski definition) is 3. The van der Waals surface area contributed by atoms with Crippen LogP contribution in [0.5, 0.6) is 5.75 Å². The van der Waals surface area contributed by atoms with Gasteiger partial charge < -0.3 is 30.2 Å². The van der Waals surface area contributed by atoms with E-state index in [4.69, 9.17) is 19.9 Å². The van der Waals surface area contributed by atoms with Gasteiger partial charge >= 0.3 is 12.1 Å². The van der Waals surface area contributed by atoms with Crippen LogP contribution in [0.3, 0.4) is 0 Å². The predicted octanol–water partition coefficient (Wildman–Crippen LogP) is 5.44. The molecule has 59 heavy (non-hydrogen) atoms. The standard InChI is InChI=1S/C44H50N6O8S/c1-28-26-36(56-4)29(2)30(3)39(28)59(54,55)49-43(45)46-24-14-22-34-42(52)58-40(47-34)35-23-15-25-50(35)41(51)38(48-44(53)57-27-31-16-8-5-9-17-31)37(32-18-10-6-11-19-32)33-20-12-7-13-21-33/h5-13,16-21,26,34-35,37-38H,14-15,22-25,27H2,1-4H3,(H,48,53)(H3,45,46,49)/t34-,35-,38+/m0/s1. The van der Waals surface area contributed by atoms with Gasteiger partial charge in [-0.1, -0.05) is 91.0 Å². The molecule has 310 valence electrons. The van der Waals surface area contributed by atoms with Crippen molar-refractivity contribution in [2.45, 2.75) is 82.0 Å². The predicted molar refractivity (Wildman–Crippen MR) is 224 cm³/mol. The zero-order chi connectivity index (χ0) is 42.1. The molecule has 14 nitrogen and oxygen atoms in total. The van der Waals surface area contributed by atoms with E-state index in [1.807, 2.05) is 91.0 Å². The van der Waals surface area contributed by atoms with Gasteiger partial charge in [0, 0.05) is 19.0 Å². The highest BCUT2D eigenvalue weighted by atomic mass is 32.2. The molecule has 0 unspecified atom stereocenters. The lowest BCUT2D eigenvalue weighted by atomic mass is 9.84. The van der Waals surface area contributed by atoms with Gasteiger partial charge in [-0.3, -0.25) is 9.79 Å². The van der Waals surface area contributed by atoms with Gasteiger partial charge in [-0.05, 0) is 85.9 Å². The number of ether oxygens (including phenoxy) is 3. The number of esters is 1. The monoisotopic (exact) mass is 822 g/mol. The Morgan fingerprint density at radius 2 is 1.59 bits per heavy atom. The fourth-order valence-electron chi connectivity index (χ4n) is 7.64. The summed E-state index contributed by atoms with van der Waals surface area (Å²) in [6.45, 7) is 5.66. The van der Waals surface area contributed by atoms with Crippen LogP contribution in [0, 0.1) is 20.8 Å². The minimum atomic E-state index is -4.04. The quantitative estimate of drug-likeness (QED) is 0.0607. The number of likely N-dealkylation sites (tertiary alicyclic amines) is 1. The first-order chi connectivity index (χ1) is 28.4. The van der Waals surface area contributed by atoms with E-state index in [9.17, 15) is 22.8 Å². The lowest BCUT2D eigenvalue weighted by molar-refractivity contribution is -0.137. The summed E-state index contributed by atoms with van der Waals surface area (Å²) in [5.41, 5.74) is 10.2. The number of methoxy groups -OCH3 is 1. The third kappa shape index (κ3) is 10.1. The molecule has 1 saturated heterocycles. The second-order valence-electron chi connectivity index (χ2n) is 14.6. The van der Waals surface area contributed by atoms with Gasteiger partial charge in [-0.15, -0.1) is 0 Å². The molecular formula is C44H50N6O8S. The Kier molecular flexibility index (Phi) is 13.7. The maximum Gasteiger partial charge on any atom is 0.408 e. The van der Waals surface area contributed by atoms with E-state index in [0.717, 1.165) is 16.7 Å². The lowest BCUT2D eigenvalue weighted by Crippen LogP contribution is -2.54. The molecule has 15 heteroatoms. The van der Waals surface area contributed by atoms with Crippen molar-refractivity contribution in [3.8, 4) is 5.75 Å². The lowest BCUT2D eigenvalue weighted by Gasteiger charge is -2.33. The highest BCUT2D eigenvalue weighted by Crippen LogP contribution is 2.33. The van der Waals surface area contributed by atoms with Crippen molar-refractivity contribution in [3.63, 3.8) is 0 Å². The summed E-state index contributed by atoms with van der Waals surface area (Å²) < 4.78 is 45.6. The molecule has 2 aliphatic heterocycles. The van der Waals surface area contributed by atoms with Crippen molar-refractivity contribution in [3.05, 3.63) is 130 Å². The van der Waals surface area contributed by atoms with Crippen molar-refractivity contribution >= 4 is 39.9 Å². The molecule has 4 N–H and O–H groups in total. The first-order valence-electron chi connectivity index (χ1n) is 19.5. The highest BCUT2D eigenvalue weighted by Gasteiger charge is 2.44. The smallest absolute Gasteiger partial charge is 0.408 e. The number of amides is 2.